The molecule has 3 N–H and O–H groups in total. The highest BCUT2D eigenvalue weighted by Gasteiger charge is 2.19. The third-order valence-electron chi connectivity index (χ3n) is 3.02. The van der Waals surface area contributed by atoms with E-state index in [1.807, 2.05) is 0 Å². The molecule has 0 atom stereocenters. The van der Waals surface area contributed by atoms with Crippen molar-refractivity contribution in [2.75, 3.05) is 6.54 Å². The molecule has 0 aliphatic heterocycles. The molecule has 0 unspecified atom stereocenters. The predicted molar refractivity (Wildman–Crippen MR) is 88.5 cm³/mol. The minimum absolute atomic E-state index is 0.300. The summed E-state index contributed by atoms with van der Waals surface area (Å²) in [5, 5.41) is 0. The van der Waals surface area contributed by atoms with Crippen LogP contribution in [0.25, 0.3) is 0 Å². The summed E-state index contributed by atoms with van der Waals surface area (Å²) in [6, 6.07) is 1.64. The second-order valence-electron chi connectivity index (χ2n) is 4.72. The minimum Gasteiger partial charge on any atom is -0.326 e. The average Bonchev–Trinajstić information content (AvgIpc) is 2.80. The molecular formula is C13H23BrN2O2S2. The predicted octanol–water partition coefficient (Wildman–Crippen LogP) is 3.61. The minimum atomic E-state index is -3.42. The Balaban J connectivity index is 2.40. The summed E-state index contributed by atoms with van der Waals surface area (Å²) < 4.78 is 27.6. The van der Waals surface area contributed by atoms with Gasteiger partial charge in [0, 0.05) is 18.0 Å². The molecule has 116 valence electrons. The lowest BCUT2D eigenvalue weighted by Crippen LogP contribution is -2.24. The lowest BCUT2D eigenvalue weighted by molar-refractivity contribution is 0.567. The van der Waals surface area contributed by atoms with Crippen LogP contribution in [-0.4, -0.2) is 15.0 Å². The number of rotatable bonds is 10. The fourth-order valence-corrected chi connectivity index (χ4v) is 5.50. The van der Waals surface area contributed by atoms with Crippen LogP contribution in [0.1, 0.15) is 50.3 Å². The first-order chi connectivity index (χ1) is 9.51. The van der Waals surface area contributed by atoms with Gasteiger partial charge in [0.1, 0.15) is 4.90 Å². The van der Waals surface area contributed by atoms with Crippen molar-refractivity contribution in [1.82, 2.24) is 4.72 Å². The van der Waals surface area contributed by atoms with E-state index in [2.05, 4.69) is 27.6 Å². The molecule has 1 heterocycles. The Morgan fingerprint density at radius 3 is 2.50 bits per heavy atom. The Kier molecular flexibility index (Phi) is 8.28. The van der Waals surface area contributed by atoms with E-state index >= 15 is 0 Å². The van der Waals surface area contributed by atoms with Gasteiger partial charge in [-0.05, 0) is 28.4 Å². The van der Waals surface area contributed by atoms with Crippen molar-refractivity contribution in [3.05, 3.63) is 14.7 Å². The molecule has 0 amide bonds. The first-order valence-electron chi connectivity index (χ1n) is 6.99. The lowest BCUT2D eigenvalue weighted by atomic mass is 10.1. The van der Waals surface area contributed by atoms with Crippen LogP contribution in [0, 0.1) is 0 Å². The molecule has 20 heavy (non-hydrogen) atoms. The number of halogens is 1. The van der Waals surface area contributed by atoms with Crippen LogP contribution in [0.5, 0.6) is 0 Å². The van der Waals surface area contributed by atoms with Crippen LogP contribution < -0.4 is 10.5 Å². The van der Waals surface area contributed by atoms with Gasteiger partial charge in [-0.3, -0.25) is 0 Å². The highest BCUT2D eigenvalue weighted by Crippen LogP contribution is 2.31. The van der Waals surface area contributed by atoms with Gasteiger partial charge in [0.15, 0.2) is 0 Å². The molecule has 0 saturated heterocycles. The molecule has 0 saturated carbocycles. The highest BCUT2D eigenvalue weighted by molar-refractivity contribution is 9.11. The maximum atomic E-state index is 12.1. The average molecular weight is 383 g/mol. The molecule has 0 radical (unpaired) electrons. The summed E-state index contributed by atoms with van der Waals surface area (Å²) >= 11 is 4.66. The van der Waals surface area contributed by atoms with Crippen LogP contribution in [0.2, 0.25) is 0 Å². The first kappa shape index (κ1) is 18.1. The van der Waals surface area contributed by atoms with Crippen LogP contribution in [0.4, 0.5) is 0 Å². The van der Waals surface area contributed by atoms with E-state index in [0.29, 0.717) is 21.8 Å². The van der Waals surface area contributed by atoms with Crippen molar-refractivity contribution < 1.29 is 8.42 Å². The smallest absolute Gasteiger partial charge is 0.242 e. The second kappa shape index (κ2) is 9.15. The number of hydrogen-bond donors (Lipinski definition) is 2. The molecule has 0 fully saturated rings. The van der Waals surface area contributed by atoms with E-state index in [1.54, 1.807) is 6.07 Å². The Morgan fingerprint density at radius 1 is 1.25 bits per heavy atom. The Labute approximate surface area is 134 Å². The molecule has 4 nitrogen and oxygen atoms in total. The topological polar surface area (TPSA) is 72.2 Å². The van der Waals surface area contributed by atoms with Crippen molar-refractivity contribution >= 4 is 37.3 Å². The monoisotopic (exact) mass is 382 g/mol. The van der Waals surface area contributed by atoms with Gasteiger partial charge in [-0.1, -0.05) is 39.0 Å². The zero-order valence-corrected chi connectivity index (χ0v) is 15.0. The third-order valence-corrected chi connectivity index (χ3v) is 6.76. The summed E-state index contributed by atoms with van der Waals surface area (Å²) in [6.45, 7) is 3.04. The van der Waals surface area contributed by atoms with Gasteiger partial charge in [0.25, 0.3) is 0 Å². The van der Waals surface area contributed by atoms with Gasteiger partial charge in [-0.15, -0.1) is 11.3 Å². The first-order valence-corrected chi connectivity index (χ1v) is 10.1. The number of nitrogens with two attached hydrogens (primary N) is 1. The number of sulfonamides is 1. The van der Waals surface area contributed by atoms with Crippen LogP contribution in [-0.2, 0) is 16.6 Å². The SMILES string of the molecule is CCCCCCCCNS(=O)(=O)c1cc(CN)sc1Br. The molecule has 0 aliphatic rings. The van der Waals surface area contributed by atoms with E-state index in [-0.39, 0.29) is 0 Å². The maximum absolute atomic E-state index is 12.1. The van der Waals surface area contributed by atoms with E-state index in [1.165, 1.54) is 37.0 Å². The normalized spacial score (nSPS) is 11.9. The Morgan fingerprint density at radius 2 is 1.90 bits per heavy atom. The summed E-state index contributed by atoms with van der Waals surface area (Å²) in [6.07, 6.45) is 6.85. The van der Waals surface area contributed by atoms with Crippen LogP contribution in [0.15, 0.2) is 14.7 Å². The second-order valence-corrected chi connectivity index (χ2v) is 8.91. The van der Waals surface area contributed by atoms with Crippen molar-refractivity contribution in [1.29, 1.82) is 0 Å². The quantitative estimate of drug-likeness (QED) is 0.607. The summed E-state index contributed by atoms with van der Waals surface area (Å²) in [5.74, 6) is 0. The van der Waals surface area contributed by atoms with E-state index in [9.17, 15) is 8.42 Å². The van der Waals surface area contributed by atoms with Crippen LogP contribution in [0.3, 0.4) is 0 Å². The highest BCUT2D eigenvalue weighted by atomic mass is 79.9. The van der Waals surface area contributed by atoms with Crippen molar-refractivity contribution in [3.63, 3.8) is 0 Å². The van der Waals surface area contributed by atoms with Crippen molar-refractivity contribution in [2.45, 2.75) is 56.9 Å². The molecule has 7 heteroatoms. The zero-order chi connectivity index (χ0) is 15.0. The number of unbranched alkanes of at least 4 members (excludes halogenated alkanes) is 5. The lowest BCUT2D eigenvalue weighted by Gasteiger charge is -2.05. The number of hydrogen-bond acceptors (Lipinski definition) is 4. The standard InChI is InChI=1S/C13H23BrN2O2S2/c1-2-3-4-5-6-7-8-16-20(17,18)12-9-11(10-15)19-13(12)14/h9,16H,2-8,10,15H2,1H3. The van der Waals surface area contributed by atoms with Crippen LogP contribution >= 0.6 is 27.3 Å². The fraction of sp³-hybridized carbons (Fsp3) is 0.692. The molecule has 1 aromatic rings. The van der Waals surface area contributed by atoms with Crippen molar-refractivity contribution in [3.8, 4) is 0 Å². The number of nitrogens with one attached hydrogen (secondary N) is 1. The van der Waals surface area contributed by atoms with E-state index in [4.69, 9.17) is 5.73 Å². The Bertz CT molecular complexity index is 500. The van der Waals surface area contributed by atoms with Gasteiger partial charge >= 0.3 is 0 Å². The van der Waals surface area contributed by atoms with Gasteiger partial charge in [-0.2, -0.15) is 0 Å². The van der Waals surface area contributed by atoms with Gasteiger partial charge < -0.3 is 5.73 Å². The summed E-state index contributed by atoms with van der Waals surface area (Å²) in [7, 11) is -3.42. The fourth-order valence-electron chi connectivity index (χ4n) is 1.87. The van der Waals surface area contributed by atoms with Gasteiger partial charge in [-0.25, -0.2) is 13.1 Å². The van der Waals surface area contributed by atoms with Gasteiger partial charge in [0.05, 0.1) is 3.79 Å². The zero-order valence-electron chi connectivity index (χ0n) is 11.8. The van der Waals surface area contributed by atoms with E-state index in [0.717, 1.165) is 17.7 Å². The van der Waals surface area contributed by atoms with Gasteiger partial charge in [0.2, 0.25) is 10.0 Å². The summed E-state index contributed by atoms with van der Waals surface area (Å²) in [4.78, 5) is 1.16. The molecule has 0 spiro atoms. The third kappa shape index (κ3) is 5.81. The molecule has 0 aliphatic carbocycles. The summed E-state index contributed by atoms with van der Waals surface area (Å²) in [5.41, 5.74) is 5.53. The maximum Gasteiger partial charge on any atom is 0.242 e. The molecule has 0 bridgehead atoms. The van der Waals surface area contributed by atoms with E-state index < -0.39 is 10.0 Å². The Hall–Kier alpha value is 0.0500. The molecule has 0 aromatic carbocycles. The largest absolute Gasteiger partial charge is 0.326 e. The molecular weight excluding hydrogens is 360 g/mol. The number of thiophene rings is 1. The van der Waals surface area contributed by atoms with Crippen molar-refractivity contribution in [2.24, 2.45) is 5.73 Å². The molecule has 1 aromatic heterocycles. The molecule has 1 rings (SSSR count).